The zero-order valence-electron chi connectivity index (χ0n) is 9.88. The number of carboxylic acid groups (broad SMARTS) is 2. The van der Waals surface area contributed by atoms with E-state index in [-0.39, 0.29) is 25.0 Å². The van der Waals surface area contributed by atoms with Gasteiger partial charge in [-0.3, -0.25) is 19.2 Å². The van der Waals surface area contributed by atoms with E-state index in [1.165, 1.54) is 0 Å². The van der Waals surface area contributed by atoms with Crippen molar-refractivity contribution in [2.45, 2.75) is 19.3 Å². The van der Waals surface area contributed by atoms with Gasteiger partial charge in [0.05, 0.1) is 0 Å². The van der Waals surface area contributed by atoms with E-state index >= 15 is 0 Å². The number of carbonyl (C=O) groups is 4. The smallest absolute Gasteiger partial charge is 0.322 e. The van der Waals surface area contributed by atoms with Crippen LogP contribution in [0.3, 0.4) is 0 Å². The first-order valence-corrected chi connectivity index (χ1v) is 5.74. The maximum absolute atomic E-state index is 11.4. The Morgan fingerprint density at radius 3 is 2.16 bits per heavy atom. The highest BCUT2D eigenvalue weighted by Gasteiger charge is 2.13. The van der Waals surface area contributed by atoms with Crippen molar-refractivity contribution in [3.63, 3.8) is 0 Å². The Morgan fingerprint density at radius 1 is 1.05 bits per heavy atom. The number of carboxylic acids is 2. The molecule has 0 unspecified atom stereocenters. The summed E-state index contributed by atoms with van der Waals surface area (Å²) in [5.41, 5.74) is -0.204. The molecule has 0 saturated carbocycles. The molecule has 0 rings (SSSR count). The fourth-order valence-corrected chi connectivity index (χ4v) is 1.19. The van der Waals surface area contributed by atoms with Gasteiger partial charge in [0.15, 0.2) is 0 Å². The predicted octanol–water partition coefficient (Wildman–Crippen LogP) is -0.671. The van der Waals surface area contributed by atoms with E-state index < -0.39 is 30.3 Å². The van der Waals surface area contributed by atoms with Gasteiger partial charge in [-0.1, -0.05) is 0 Å². The summed E-state index contributed by atoms with van der Waals surface area (Å²) in [5.74, 6) is -3.58. The summed E-state index contributed by atoms with van der Waals surface area (Å²) in [7, 11) is 0. The molecular formula is C10H14N2O6S. The number of rotatable bonds is 8. The van der Waals surface area contributed by atoms with Crippen LogP contribution in [0.25, 0.3) is 0 Å². The van der Waals surface area contributed by atoms with Crippen LogP contribution in [0, 0.1) is 0 Å². The molecule has 4 N–H and O–H groups in total. The molecule has 0 aromatic heterocycles. The fraction of sp³-hybridized carbons (Fsp3) is 0.400. The summed E-state index contributed by atoms with van der Waals surface area (Å²) >= 11 is 3.72. The number of amides is 2. The SMILES string of the molecule is O=C(O)CCCC(=O)N/C(=C/S)C(=O)NCC(=O)O. The monoisotopic (exact) mass is 290 g/mol. The number of nitrogens with one attached hydrogen (secondary N) is 2. The molecule has 0 bridgehead atoms. The summed E-state index contributed by atoms with van der Waals surface area (Å²) in [6, 6.07) is 0. The standard InChI is InChI=1S/C10H14N2O6S/c13-7(2-1-3-8(14)15)12-6(5-19)10(18)11-4-9(16)17/h5,19H,1-4H2,(H,11,18)(H,12,13)(H,14,15)(H,16,17)/b6-5+. The first-order chi connectivity index (χ1) is 8.86. The van der Waals surface area contributed by atoms with Crippen molar-refractivity contribution >= 4 is 36.4 Å². The quantitative estimate of drug-likeness (QED) is 0.297. The molecule has 0 saturated heterocycles. The van der Waals surface area contributed by atoms with Gasteiger partial charge in [0.25, 0.3) is 5.91 Å². The minimum Gasteiger partial charge on any atom is -0.481 e. The number of carbonyl (C=O) groups excluding carboxylic acids is 2. The van der Waals surface area contributed by atoms with Crippen LogP contribution in [0.1, 0.15) is 19.3 Å². The molecule has 0 aliphatic rings. The second-order valence-corrected chi connectivity index (χ2v) is 3.67. The van der Waals surface area contributed by atoms with Gasteiger partial charge in [-0.2, -0.15) is 0 Å². The van der Waals surface area contributed by atoms with Crippen LogP contribution in [-0.2, 0) is 19.2 Å². The Hall–Kier alpha value is -2.03. The maximum atomic E-state index is 11.4. The molecule has 19 heavy (non-hydrogen) atoms. The second-order valence-electron chi connectivity index (χ2n) is 3.41. The number of aliphatic carboxylic acids is 2. The van der Waals surface area contributed by atoms with Crippen molar-refractivity contribution in [2.24, 2.45) is 0 Å². The third-order valence-corrected chi connectivity index (χ3v) is 2.10. The van der Waals surface area contributed by atoms with Crippen molar-refractivity contribution in [1.82, 2.24) is 10.6 Å². The van der Waals surface area contributed by atoms with Crippen LogP contribution >= 0.6 is 12.6 Å². The first-order valence-electron chi connectivity index (χ1n) is 5.22. The topological polar surface area (TPSA) is 133 Å². The average molecular weight is 290 g/mol. The molecule has 106 valence electrons. The van der Waals surface area contributed by atoms with Gasteiger partial charge in [0.2, 0.25) is 5.91 Å². The molecular weight excluding hydrogens is 276 g/mol. The lowest BCUT2D eigenvalue weighted by atomic mass is 10.2. The van der Waals surface area contributed by atoms with Crippen LogP contribution in [0.15, 0.2) is 11.1 Å². The van der Waals surface area contributed by atoms with Gasteiger partial charge in [-0.15, -0.1) is 12.6 Å². The molecule has 0 aromatic rings. The molecule has 0 spiro atoms. The van der Waals surface area contributed by atoms with E-state index in [4.69, 9.17) is 10.2 Å². The van der Waals surface area contributed by atoms with Crippen LogP contribution in [-0.4, -0.2) is 40.5 Å². The molecule has 0 aliphatic heterocycles. The fourth-order valence-electron chi connectivity index (χ4n) is 1.01. The summed E-state index contributed by atoms with van der Waals surface area (Å²) in [5, 5.41) is 22.0. The molecule has 0 atom stereocenters. The van der Waals surface area contributed by atoms with Crippen LogP contribution < -0.4 is 10.6 Å². The Kier molecular flexibility index (Phi) is 8.02. The van der Waals surface area contributed by atoms with Crippen LogP contribution in [0.5, 0.6) is 0 Å². The Morgan fingerprint density at radius 2 is 1.68 bits per heavy atom. The van der Waals surface area contributed by atoms with E-state index in [1.54, 1.807) is 0 Å². The Bertz CT molecular complexity index is 407. The second kappa shape index (κ2) is 8.97. The normalized spacial score (nSPS) is 10.7. The highest BCUT2D eigenvalue weighted by atomic mass is 32.1. The molecule has 0 fully saturated rings. The summed E-state index contributed by atoms with van der Waals surface area (Å²) in [6.07, 6.45) is -0.0834. The molecule has 0 radical (unpaired) electrons. The number of hydrogen-bond acceptors (Lipinski definition) is 5. The lowest BCUT2D eigenvalue weighted by Crippen LogP contribution is -2.37. The molecule has 0 heterocycles. The Balaban J connectivity index is 4.18. The van der Waals surface area contributed by atoms with Gasteiger partial charge in [-0.25, -0.2) is 0 Å². The predicted molar refractivity (Wildman–Crippen MR) is 67.3 cm³/mol. The average Bonchev–Trinajstić information content (AvgIpc) is 2.32. The van der Waals surface area contributed by atoms with Gasteiger partial charge in [0.1, 0.15) is 12.2 Å². The summed E-state index contributed by atoms with van der Waals surface area (Å²) in [6.45, 7) is -0.584. The number of hydrogen-bond donors (Lipinski definition) is 5. The Labute approximate surface area is 114 Å². The maximum Gasteiger partial charge on any atom is 0.322 e. The zero-order valence-corrected chi connectivity index (χ0v) is 10.8. The highest BCUT2D eigenvalue weighted by molar-refractivity contribution is 7.83. The lowest BCUT2D eigenvalue weighted by molar-refractivity contribution is -0.138. The molecule has 8 nitrogen and oxygen atoms in total. The van der Waals surface area contributed by atoms with Crippen LogP contribution in [0.2, 0.25) is 0 Å². The zero-order chi connectivity index (χ0) is 14.8. The molecule has 9 heteroatoms. The van der Waals surface area contributed by atoms with Crippen LogP contribution in [0.4, 0.5) is 0 Å². The minimum absolute atomic E-state index is 0.0658. The van der Waals surface area contributed by atoms with E-state index in [2.05, 4.69) is 17.9 Å². The summed E-state index contributed by atoms with van der Waals surface area (Å²) in [4.78, 5) is 43.2. The van der Waals surface area contributed by atoms with Gasteiger partial charge in [0, 0.05) is 12.8 Å². The summed E-state index contributed by atoms with van der Waals surface area (Å²) < 4.78 is 0. The first kappa shape index (κ1) is 17.0. The lowest BCUT2D eigenvalue weighted by Gasteiger charge is -2.08. The molecule has 0 aliphatic carbocycles. The van der Waals surface area contributed by atoms with Crippen molar-refractivity contribution in [3.05, 3.63) is 11.1 Å². The van der Waals surface area contributed by atoms with E-state index in [1.807, 2.05) is 5.32 Å². The molecule has 2 amide bonds. The third kappa shape index (κ3) is 8.66. The number of thiol groups is 1. The minimum atomic E-state index is -1.22. The highest BCUT2D eigenvalue weighted by Crippen LogP contribution is 1.98. The van der Waals surface area contributed by atoms with E-state index in [0.717, 1.165) is 5.41 Å². The van der Waals surface area contributed by atoms with Gasteiger partial charge >= 0.3 is 11.9 Å². The third-order valence-electron chi connectivity index (χ3n) is 1.84. The van der Waals surface area contributed by atoms with Crippen molar-refractivity contribution in [3.8, 4) is 0 Å². The van der Waals surface area contributed by atoms with Crippen molar-refractivity contribution < 1.29 is 29.4 Å². The van der Waals surface area contributed by atoms with E-state index in [9.17, 15) is 19.2 Å². The molecule has 0 aromatic carbocycles. The largest absolute Gasteiger partial charge is 0.481 e. The van der Waals surface area contributed by atoms with Gasteiger partial charge < -0.3 is 20.8 Å². The van der Waals surface area contributed by atoms with Crippen molar-refractivity contribution in [2.75, 3.05) is 6.54 Å². The van der Waals surface area contributed by atoms with E-state index in [0.29, 0.717) is 0 Å². The van der Waals surface area contributed by atoms with Gasteiger partial charge in [-0.05, 0) is 11.8 Å². The van der Waals surface area contributed by atoms with Crippen molar-refractivity contribution in [1.29, 1.82) is 0 Å².